The molecule has 0 unspecified atom stereocenters. The zero-order chi connectivity index (χ0) is 21.3. The van der Waals surface area contributed by atoms with E-state index in [4.69, 9.17) is 15.9 Å². The second-order valence-corrected chi connectivity index (χ2v) is 13.6. The Morgan fingerprint density at radius 1 is 0.667 bits per heavy atom. The van der Waals surface area contributed by atoms with Crippen molar-refractivity contribution in [2.24, 2.45) is 0 Å². The Morgan fingerprint density at radius 2 is 1.07 bits per heavy atom. The van der Waals surface area contributed by atoms with E-state index < -0.39 is 25.7 Å². The predicted molar refractivity (Wildman–Crippen MR) is 123 cm³/mol. The van der Waals surface area contributed by atoms with Crippen molar-refractivity contribution in [2.75, 3.05) is 5.73 Å². The van der Waals surface area contributed by atoms with Crippen LogP contribution in [0.15, 0.2) is 109 Å². The first-order valence-electron chi connectivity index (χ1n) is 9.41. The van der Waals surface area contributed by atoms with Crippen LogP contribution in [0.2, 0.25) is 0 Å². The SMILES string of the molecule is Nc1ccc(O)c(C(=O)O)c1.c1cc[c]([Sn]([c]2ccccc2)[c]2ccccc2)cc1. The van der Waals surface area contributed by atoms with Gasteiger partial charge in [-0.2, -0.15) is 0 Å². The van der Waals surface area contributed by atoms with E-state index in [1.54, 1.807) is 0 Å². The van der Waals surface area contributed by atoms with Gasteiger partial charge in [0.1, 0.15) is 11.3 Å². The summed E-state index contributed by atoms with van der Waals surface area (Å²) in [6.07, 6.45) is 0. The van der Waals surface area contributed by atoms with E-state index in [2.05, 4.69) is 91.0 Å². The Bertz CT molecular complexity index is 993. The van der Waals surface area contributed by atoms with Crippen LogP contribution in [0.4, 0.5) is 5.69 Å². The van der Waals surface area contributed by atoms with Crippen molar-refractivity contribution in [3.63, 3.8) is 0 Å². The molecule has 0 bridgehead atoms. The van der Waals surface area contributed by atoms with E-state index in [9.17, 15) is 4.79 Å². The molecule has 1 radical (unpaired) electrons. The fourth-order valence-corrected chi connectivity index (χ4v) is 10.4. The molecule has 0 aliphatic heterocycles. The number of rotatable bonds is 4. The van der Waals surface area contributed by atoms with Crippen molar-refractivity contribution in [3.05, 3.63) is 115 Å². The summed E-state index contributed by atoms with van der Waals surface area (Å²) in [4.78, 5) is 10.4. The number of aromatic carboxylic acids is 1. The fourth-order valence-electron chi connectivity index (χ4n) is 3.04. The fraction of sp³-hybridized carbons (Fsp3) is 0. The van der Waals surface area contributed by atoms with E-state index in [0.717, 1.165) is 0 Å². The van der Waals surface area contributed by atoms with Crippen molar-refractivity contribution in [3.8, 4) is 5.75 Å². The predicted octanol–water partition coefficient (Wildman–Crippen LogP) is 2.88. The molecule has 0 aromatic heterocycles. The summed E-state index contributed by atoms with van der Waals surface area (Å²) in [6.45, 7) is 0. The Labute approximate surface area is 183 Å². The molecule has 0 spiro atoms. The number of nitrogens with two attached hydrogens (primary N) is 1. The summed E-state index contributed by atoms with van der Waals surface area (Å²) in [7, 11) is 0. The van der Waals surface area contributed by atoms with E-state index >= 15 is 0 Å². The summed E-state index contributed by atoms with van der Waals surface area (Å²) in [5.74, 6) is -1.46. The molecule has 0 aliphatic carbocycles. The molecule has 4 nitrogen and oxygen atoms in total. The van der Waals surface area contributed by atoms with Gasteiger partial charge in [0.25, 0.3) is 0 Å². The number of aromatic hydroxyl groups is 1. The number of carbonyl (C=O) groups is 1. The van der Waals surface area contributed by atoms with Crippen LogP contribution in [0.1, 0.15) is 10.4 Å². The summed E-state index contributed by atoms with van der Waals surface area (Å²) in [6, 6.07) is 36.8. The maximum atomic E-state index is 10.4. The van der Waals surface area contributed by atoms with Crippen LogP contribution >= 0.6 is 0 Å². The van der Waals surface area contributed by atoms with Gasteiger partial charge in [-0.15, -0.1) is 0 Å². The van der Waals surface area contributed by atoms with Gasteiger partial charge < -0.3 is 15.9 Å². The van der Waals surface area contributed by atoms with Crippen LogP contribution in [0, 0.1) is 0 Å². The van der Waals surface area contributed by atoms with E-state index in [1.165, 1.54) is 28.9 Å². The first-order chi connectivity index (χ1) is 14.6. The first-order valence-corrected chi connectivity index (χ1v) is 13.7. The number of anilines is 1. The molecule has 4 N–H and O–H groups in total. The van der Waals surface area contributed by atoms with Gasteiger partial charge in [0.05, 0.1) is 0 Å². The standard InChI is InChI=1S/C7H7NO3.3C6H5.Sn/c8-4-1-2-6(9)5(3-4)7(10)11;3*1-2-4-6-5-3-1;/h1-3,9H,8H2,(H,10,11);3*1-5H;. The molecular formula is C25H22NO3Sn. The number of phenols is 1. The zero-order valence-electron chi connectivity index (χ0n) is 16.3. The first kappa shape index (κ1) is 21.5. The van der Waals surface area contributed by atoms with Crippen LogP contribution in [0.25, 0.3) is 0 Å². The second kappa shape index (κ2) is 10.5. The molecule has 0 fully saturated rings. The van der Waals surface area contributed by atoms with Crippen LogP contribution in [-0.2, 0) is 0 Å². The monoisotopic (exact) mass is 504 g/mol. The van der Waals surface area contributed by atoms with Crippen LogP contribution in [0.3, 0.4) is 0 Å². The number of hydrogen-bond donors (Lipinski definition) is 3. The third-order valence-corrected chi connectivity index (χ3v) is 12.2. The molecule has 4 aromatic carbocycles. The van der Waals surface area contributed by atoms with Crippen molar-refractivity contribution in [1.82, 2.24) is 0 Å². The number of carboxylic acids is 1. The van der Waals surface area contributed by atoms with Crippen molar-refractivity contribution >= 4 is 42.2 Å². The number of carboxylic acid groups (broad SMARTS) is 1. The van der Waals surface area contributed by atoms with Crippen LogP contribution < -0.4 is 16.5 Å². The van der Waals surface area contributed by atoms with Crippen molar-refractivity contribution < 1.29 is 15.0 Å². The van der Waals surface area contributed by atoms with Gasteiger partial charge in [-0.25, -0.2) is 4.79 Å². The Kier molecular flexibility index (Phi) is 7.51. The summed E-state index contributed by atoms with van der Waals surface area (Å²) < 4.78 is 4.59. The van der Waals surface area contributed by atoms with Gasteiger partial charge in [0, 0.05) is 5.69 Å². The molecule has 0 saturated heterocycles. The third-order valence-electron chi connectivity index (χ3n) is 4.44. The molecule has 0 heterocycles. The second-order valence-electron chi connectivity index (χ2n) is 6.55. The average Bonchev–Trinajstić information content (AvgIpc) is 2.78. The van der Waals surface area contributed by atoms with Gasteiger partial charge in [-0.05, 0) is 18.2 Å². The minimum atomic E-state index is -1.98. The number of benzene rings is 4. The summed E-state index contributed by atoms with van der Waals surface area (Å²) in [5.41, 5.74) is 5.43. The molecule has 0 saturated carbocycles. The van der Waals surface area contributed by atoms with Crippen LogP contribution in [-0.4, -0.2) is 35.9 Å². The van der Waals surface area contributed by atoms with Crippen molar-refractivity contribution in [2.45, 2.75) is 0 Å². The molecule has 30 heavy (non-hydrogen) atoms. The Morgan fingerprint density at radius 3 is 1.40 bits per heavy atom. The van der Waals surface area contributed by atoms with E-state index in [0.29, 0.717) is 5.69 Å². The molecule has 0 aliphatic rings. The Hall–Kier alpha value is -3.25. The molecular weight excluding hydrogens is 481 g/mol. The number of hydrogen-bond acceptors (Lipinski definition) is 3. The van der Waals surface area contributed by atoms with Gasteiger partial charge in [0.2, 0.25) is 0 Å². The molecule has 5 heteroatoms. The van der Waals surface area contributed by atoms with E-state index in [-0.39, 0.29) is 11.3 Å². The van der Waals surface area contributed by atoms with Crippen LogP contribution in [0.5, 0.6) is 5.75 Å². The molecule has 4 aromatic rings. The van der Waals surface area contributed by atoms with Gasteiger partial charge in [-0.3, -0.25) is 0 Å². The average molecular weight is 503 g/mol. The molecule has 4 rings (SSSR count). The molecule has 0 atom stereocenters. The minimum absolute atomic E-state index is 0.176. The van der Waals surface area contributed by atoms with Gasteiger partial charge in [-0.1, -0.05) is 0 Å². The molecule has 149 valence electrons. The quantitative estimate of drug-likeness (QED) is 0.227. The Balaban J connectivity index is 0.000000199. The zero-order valence-corrected chi connectivity index (χ0v) is 19.1. The third kappa shape index (κ3) is 5.64. The summed E-state index contributed by atoms with van der Waals surface area (Å²) in [5, 5.41) is 17.4. The van der Waals surface area contributed by atoms with Crippen molar-refractivity contribution in [1.29, 1.82) is 0 Å². The molecule has 0 amide bonds. The van der Waals surface area contributed by atoms with E-state index in [1.807, 2.05) is 0 Å². The summed E-state index contributed by atoms with van der Waals surface area (Å²) >= 11 is -1.98. The van der Waals surface area contributed by atoms with Gasteiger partial charge >= 0.3 is 127 Å². The topological polar surface area (TPSA) is 83.5 Å². The normalized spacial score (nSPS) is 10.2. The maximum absolute atomic E-state index is 10.4. The number of nitrogen functional groups attached to an aromatic ring is 1. The van der Waals surface area contributed by atoms with Gasteiger partial charge in [0.15, 0.2) is 0 Å².